The van der Waals surface area contributed by atoms with Crippen molar-refractivity contribution >= 4 is 11.9 Å². The Kier molecular flexibility index (Phi) is 4.28. The molecule has 4 atom stereocenters. The zero-order valence-corrected chi connectivity index (χ0v) is 16.7. The van der Waals surface area contributed by atoms with Gasteiger partial charge in [0.25, 0.3) is 0 Å². The zero-order valence-electron chi connectivity index (χ0n) is 16.7. The van der Waals surface area contributed by atoms with Gasteiger partial charge in [0.15, 0.2) is 5.41 Å². The van der Waals surface area contributed by atoms with Crippen molar-refractivity contribution in [3.8, 4) is 0 Å². The maximum Gasteiger partial charge on any atom is 0.324 e. The molecule has 25 heavy (non-hydrogen) atoms. The Morgan fingerprint density at radius 1 is 0.880 bits per heavy atom. The fourth-order valence-electron chi connectivity index (χ4n) is 6.92. The van der Waals surface area contributed by atoms with E-state index in [0.29, 0.717) is 36.9 Å². The lowest BCUT2D eigenvalue weighted by Gasteiger charge is -2.46. The van der Waals surface area contributed by atoms with Gasteiger partial charge in [0.1, 0.15) is 0 Å². The molecule has 0 aromatic carbocycles. The molecule has 142 valence electrons. The van der Waals surface area contributed by atoms with Gasteiger partial charge in [-0.15, -0.1) is 0 Å². The van der Waals surface area contributed by atoms with Crippen molar-refractivity contribution in [2.45, 2.75) is 73.6 Å². The molecule has 0 bridgehead atoms. The molecule has 0 aliphatic heterocycles. The molecule has 0 saturated heterocycles. The van der Waals surface area contributed by atoms with E-state index in [-0.39, 0.29) is 22.8 Å². The summed E-state index contributed by atoms with van der Waals surface area (Å²) in [5, 5.41) is 0. The normalized spacial score (nSPS) is 40.4. The molecule has 4 heteroatoms. The average molecular weight is 350 g/mol. The van der Waals surface area contributed by atoms with Crippen LogP contribution in [0.25, 0.3) is 0 Å². The minimum Gasteiger partial charge on any atom is -0.465 e. The standard InChI is InChI=1S/C21H34O4/c1-7-24-16(22)21(17(23)25-8-2)10-9-19(5)15-13-18(3,4)11-14(15)12-20(19,21)6/h14-15H,7-13H2,1-6H3/t14-,15-,19+,20-/m0/s1. The van der Waals surface area contributed by atoms with Crippen molar-refractivity contribution < 1.29 is 19.1 Å². The highest BCUT2D eigenvalue weighted by atomic mass is 16.6. The largest absolute Gasteiger partial charge is 0.465 e. The number of hydrogen-bond donors (Lipinski definition) is 0. The fraction of sp³-hybridized carbons (Fsp3) is 0.905. The van der Waals surface area contributed by atoms with Gasteiger partial charge >= 0.3 is 11.9 Å². The van der Waals surface area contributed by atoms with Gasteiger partial charge in [0.2, 0.25) is 0 Å². The van der Waals surface area contributed by atoms with Crippen molar-refractivity contribution in [1.82, 2.24) is 0 Å². The van der Waals surface area contributed by atoms with Gasteiger partial charge < -0.3 is 9.47 Å². The Morgan fingerprint density at radius 2 is 1.44 bits per heavy atom. The number of rotatable bonds is 4. The van der Waals surface area contributed by atoms with Crippen LogP contribution in [-0.4, -0.2) is 25.2 Å². The Balaban J connectivity index is 2.06. The lowest BCUT2D eigenvalue weighted by molar-refractivity contribution is -0.184. The predicted molar refractivity (Wildman–Crippen MR) is 95.8 cm³/mol. The van der Waals surface area contributed by atoms with E-state index in [1.807, 2.05) is 0 Å². The lowest BCUT2D eigenvalue weighted by atomic mass is 9.56. The molecule has 0 spiro atoms. The number of hydrogen-bond acceptors (Lipinski definition) is 4. The minimum absolute atomic E-state index is 0.00897. The third kappa shape index (κ3) is 2.24. The maximum atomic E-state index is 13.1. The first kappa shape index (κ1) is 18.7. The summed E-state index contributed by atoms with van der Waals surface area (Å²) in [5.41, 5.74) is -1.17. The van der Waals surface area contributed by atoms with Crippen molar-refractivity contribution in [2.24, 2.45) is 33.5 Å². The molecule has 0 aromatic heterocycles. The smallest absolute Gasteiger partial charge is 0.324 e. The third-order valence-electron chi connectivity index (χ3n) is 8.11. The second-order valence-corrected chi connectivity index (χ2v) is 9.74. The van der Waals surface area contributed by atoms with Crippen molar-refractivity contribution in [3.05, 3.63) is 0 Å². The summed E-state index contributed by atoms with van der Waals surface area (Å²) in [4.78, 5) is 26.2. The summed E-state index contributed by atoms with van der Waals surface area (Å²) >= 11 is 0. The van der Waals surface area contributed by atoms with Gasteiger partial charge in [0.05, 0.1) is 13.2 Å². The van der Waals surface area contributed by atoms with Gasteiger partial charge in [-0.1, -0.05) is 27.7 Å². The van der Waals surface area contributed by atoms with Gasteiger partial charge in [0, 0.05) is 5.41 Å². The van der Waals surface area contributed by atoms with E-state index in [1.54, 1.807) is 13.8 Å². The Hall–Kier alpha value is -1.06. The highest BCUT2D eigenvalue weighted by molar-refractivity contribution is 6.02. The lowest BCUT2D eigenvalue weighted by Crippen LogP contribution is -2.53. The van der Waals surface area contributed by atoms with Crippen LogP contribution in [0.2, 0.25) is 0 Å². The van der Waals surface area contributed by atoms with E-state index in [9.17, 15) is 9.59 Å². The molecule has 0 radical (unpaired) electrons. The van der Waals surface area contributed by atoms with E-state index in [0.717, 1.165) is 12.8 Å². The van der Waals surface area contributed by atoms with E-state index in [2.05, 4.69) is 27.7 Å². The predicted octanol–water partition coefficient (Wildman–Crippen LogP) is 4.36. The first-order chi connectivity index (χ1) is 11.6. The Morgan fingerprint density at radius 3 is 1.96 bits per heavy atom. The molecule has 3 aliphatic carbocycles. The Bertz CT molecular complexity index is 562. The third-order valence-corrected chi connectivity index (χ3v) is 8.11. The molecule has 4 nitrogen and oxygen atoms in total. The SMILES string of the molecule is CCOC(=O)C1(C(=O)OCC)CC[C@]2(C)[C@H]3CC(C)(C)C[C@H]3C[C@]12C. The first-order valence-electron chi connectivity index (χ1n) is 9.92. The highest BCUT2D eigenvalue weighted by Gasteiger charge is 2.77. The van der Waals surface area contributed by atoms with E-state index >= 15 is 0 Å². The van der Waals surface area contributed by atoms with Crippen LogP contribution in [0.4, 0.5) is 0 Å². The molecule has 0 N–H and O–H groups in total. The van der Waals surface area contributed by atoms with E-state index < -0.39 is 5.41 Å². The fourth-order valence-corrected chi connectivity index (χ4v) is 6.92. The van der Waals surface area contributed by atoms with E-state index in [1.165, 1.54) is 12.8 Å². The first-order valence-corrected chi connectivity index (χ1v) is 9.92. The Labute approximate surface area is 152 Å². The van der Waals surface area contributed by atoms with Crippen LogP contribution in [0.1, 0.15) is 73.6 Å². The topological polar surface area (TPSA) is 52.6 Å². The molecule has 3 aliphatic rings. The second kappa shape index (κ2) is 5.72. The minimum atomic E-state index is -1.14. The quantitative estimate of drug-likeness (QED) is 0.558. The number of ether oxygens (including phenoxy) is 2. The summed E-state index contributed by atoms with van der Waals surface area (Å²) in [6.45, 7) is 13.4. The van der Waals surface area contributed by atoms with Crippen LogP contribution in [0.5, 0.6) is 0 Å². The van der Waals surface area contributed by atoms with Crippen LogP contribution in [-0.2, 0) is 19.1 Å². The van der Waals surface area contributed by atoms with Crippen LogP contribution < -0.4 is 0 Å². The summed E-state index contributed by atoms with van der Waals surface area (Å²) in [5.74, 6) is 0.449. The highest BCUT2D eigenvalue weighted by Crippen LogP contribution is 2.77. The van der Waals surface area contributed by atoms with Crippen molar-refractivity contribution in [2.75, 3.05) is 13.2 Å². The molecule has 3 saturated carbocycles. The molecule has 3 fully saturated rings. The molecular weight excluding hydrogens is 316 g/mol. The van der Waals surface area contributed by atoms with Crippen LogP contribution in [0.3, 0.4) is 0 Å². The number of carbonyl (C=O) groups is 2. The monoisotopic (exact) mass is 350 g/mol. The molecule has 0 heterocycles. The summed E-state index contributed by atoms with van der Waals surface area (Å²) < 4.78 is 10.9. The number of esters is 2. The van der Waals surface area contributed by atoms with Crippen molar-refractivity contribution in [3.63, 3.8) is 0 Å². The summed E-state index contributed by atoms with van der Waals surface area (Å²) in [6.07, 6.45) is 4.75. The maximum absolute atomic E-state index is 13.1. The number of carbonyl (C=O) groups excluding carboxylic acids is 2. The van der Waals surface area contributed by atoms with Crippen LogP contribution >= 0.6 is 0 Å². The van der Waals surface area contributed by atoms with E-state index in [4.69, 9.17) is 9.47 Å². The number of fused-ring (bicyclic) bond motifs is 3. The zero-order chi connectivity index (χ0) is 18.7. The van der Waals surface area contributed by atoms with Gasteiger partial charge in [-0.2, -0.15) is 0 Å². The van der Waals surface area contributed by atoms with Crippen LogP contribution in [0.15, 0.2) is 0 Å². The second-order valence-electron chi connectivity index (χ2n) is 9.74. The van der Waals surface area contributed by atoms with Crippen molar-refractivity contribution in [1.29, 1.82) is 0 Å². The molecule has 3 rings (SSSR count). The average Bonchev–Trinajstić information content (AvgIpc) is 3.00. The summed E-state index contributed by atoms with van der Waals surface area (Å²) in [7, 11) is 0. The van der Waals surface area contributed by atoms with Gasteiger partial charge in [-0.05, 0) is 68.6 Å². The molecule has 0 aromatic rings. The summed E-state index contributed by atoms with van der Waals surface area (Å²) in [6, 6.07) is 0. The van der Waals surface area contributed by atoms with Gasteiger partial charge in [-0.3, -0.25) is 9.59 Å². The molecular formula is C21H34O4. The molecule has 0 unspecified atom stereocenters. The van der Waals surface area contributed by atoms with Crippen LogP contribution in [0, 0.1) is 33.5 Å². The molecule has 0 amide bonds. The van der Waals surface area contributed by atoms with Gasteiger partial charge in [-0.25, -0.2) is 0 Å².